The zero-order chi connectivity index (χ0) is 13.1. The molecule has 0 aliphatic rings. The third-order valence-electron chi connectivity index (χ3n) is 2.99. The molecule has 4 heteroatoms. The van der Waals surface area contributed by atoms with E-state index < -0.39 is 0 Å². The second-order valence-electron chi connectivity index (χ2n) is 4.11. The quantitative estimate of drug-likeness (QED) is 0.662. The van der Waals surface area contributed by atoms with Crippen molar-refractivity contribution < 1.29 is 0 Å². The van der Waals surface area contributed by atoms with Gasteiger partial charge in [-0.2, -0.15) is 0 Å². The van der Waals surface area contributed by atoms with Gasteiger partial charge in [0.2, 0.25) is 0 Å². The van der Waals surface area contributed by atoms with Crippen LogP contribution in [0.1, 0.15) is 22.7 Å². The van der Waals surface area contributed by atoms with Crippen molar-refractivity contribution in [2.24, 2.45) is 5.84 Å². The molecule has 0 saturated carbocycles. The van der Waals surface area contributed by atoms with E-state index in [0.717, 1.165) is 21.7 Å². The fourth-order valence-corrected chi connectivity index (χ4v) is 2.27. The van der Waals surface area contributed by atoms with Gasteiger partial charge < -0.3 is 0 Å². The Balaban J connectivity index is 2.45. The molecule has 2 aromatic rings. The highest BCUT2D eigenvalue weighted by Gasteiger charge is 2.15. The lowest BCUT2D eigenvalue weighted by atomic mass is 9.95. The Morgan fingerprint density at radius 2 is 1.72 bits per heavy atom. The largest absolute Gasteiger partial charge is 0.271 e. The van der Waals surface area contributed by atoms with Crippen molar-refractivity contribution in [1.82, 2.24) is 5.43 Å². The molecule has 0 amide bonds. The third kappa shape index (κ3) is 2.68. The minimum atomic E-state index is -0.0963. The van der Waals surface area contributed by atoms with Gasteiger partial charge in [0, 0.05) is 10.0 Å². The minimum Gasteiger partial charge on any atom is -0.271 e. The summed E-state index contributed by atoms with van der Waals surface area (Å²) in [6.07, 6.45) is 0. The van der Waals surface area contributed by atoms with Crippen LogP contribution in [0.25, 0.3) is 0 Å². The van der Waals surface area contributed by atoms with Crippen LogP contribution in [0, 0.1) is 6.92 Å². The SMILES string of the molecule is Cc1c(Cl)cccc1C(NN)c1ccc(Cl)cc1. The van der Waals surface area contributed by atoms with Crippen molar-refractivity contribution in [2.75, 3.05) is 0 Å². The molecule has 0 aromatic heterocycles. The molecular formula is C14H14Cl2N2. The predicted molar refractivity (Wildman–Crippen MR) is 76.8 cm³/mol. The zero-order valence-corrected chi connectivity index (χ0v) is 11.5. The fraction of sp³-hybridized carbons (Fsp3) is 0.143. The van der Waals surface area contributed by atoms with Gasteiger partial charge in [-0.1, -0.05) is 47.5 Å². The molecule has 0 saturated heterocycles. The van der Waals surface area contributed by atoms with E-state index in [4.69, 9.17) is 29.0 Å². The van der Waals surface area contributed by atoms with Crippen molar-refractivity contribution in [3.05, 3.63) is 69.2 Å². The zero-order valence-electron chi connectivity index (χ0n) is 9.95. The third-order valence-corrected chi connectivity index (χ3v) is 3.65. The lowest BCUT2D eigenvalue weighted by Crippen LogP contribution is -2.29. The second kappa shape index (κ2) is 5.72. The van der Waals surface area contributed by atoms with E-state index in [1.807, 2.05) is 49.4 Å². The van der Waals surface area contributed by atoms with Gasteiger partial charge in [0.15, 0.2) is 0 Å². The van der Waals surface area contributed by atoms with Crippen LogP contribution in [0.2, 0.25) is 10.0 Å². The highest BCUT2D eigenvalue weighted by atomic mass is 35.5. The van der Waals surface area contributed by atoms with Gasteiger partial charge in [-0.05, 0) is 41.8 Å². The summed E-state index contributed by atoms with van der Waals surface area (Å²) in [7, 11) is 0. The number of hydrazine groups is 1. The lowest BCUT2D eigenvalue weighted by molar-refractivity contribution is 0.634. The summed E-state index contributed by atoms with van der Waals surface area (Å²) in [4.78, 5) is 0. The van der Waals surface area contributed by atoms with E-state index in [1.165, 1.54) is 0 Å². The Hall–Kier alpha value is -1.06. The average Bonchev–Trinajstić information content (AvgIpc) is 2.37. The van der Waals surface area contributed by atoms with Crippen molar-refractivity contribution >= 4 is 23.2 Å². The summed E-state index contributed by atoms with van der Waals surface area (Å²) in [5.41, 5.74) is 5.96. The highest BCUT2D eigenvalue weighted by Crippen LogP contribution is 2.28. The maximum atomic E-state index is 6.14. The molecule has 2 rings (SSSR count). The predicted octanol–water partition coefficient (Wildman–Crippen LogP) is 3.85. The molecule has 1 atom stereocenters. The van der Waals surface area contributed by atoms with Crippen molar-refractivity contribution in [1.29, 1.82) is 0 Å². The summed E-state index contributed by atoms with van der Waals surface area (Å²) in [5, 5.41) is 1.44. The molecule has 0 aliphatic carbocycles. The molecule has 1 unspecified atom stereocenters. The molecule has 0 heterocycles. The molecule has 0 radical (unpaired) electrons. The monoisotopic (exact) mass is 280 g/mol. The van der Waals surface area contributed by atoms with Crippen LogP contribution in [0.3, 0.4) is 0 Å². The van der Waals surface area contributed by atoms with Gasteiger partial charge in [-0.25, -0.2) is 5.43 Å². The van der Waals surface area contributed by atoms with Crippen LogP contribution in [0.4, 0.5) is 0 Å². The molecule has 0 fully saturated rings. The summed E-state index contributed by atoms with van der Waals surface area (Å²) in [6.45, 7) is 1.98. The Bertz CT molecular complexity index is 538. The van der Waals surface area contributed by atoms with Crippen LogP contribution in [0.5, 0.6) is 0 Å². The molecule has 2 aromatic carbocycles. The first-order valence-electron chi connectivity index (χ1n) is 5.60. The smallest absolute Gasteiger partial charge is 0.0713 e. The van der Waals surface area contributed by atoms with Gasteiger partial charge in [0.25, 0.3) is 0 Å². The van der Waals surface area contributed by atoms with Crippen LogP contribution in [-0.4, -0.2) is 0 Å². The van der Waals surface area contributed by atoms with Gasteiger partial charge >= 0.3 is 0 Å². The van der Waals surface area contributed by atoms with Crippen molar-refractivity contribution in [3.8, 4) is 0 Å². The van der Waals surface area contributed by atoms with Crippen molar-refractivity contribution in [3.63, 3.8) is 0 Å². The van der Waals surface area contributed by atoms with Gasteiger partial charge in [-0.3, -0.25) is 5.84 Å². The molecule has 2 nitrogen and oxygen atoms in total. The molecule has 0 aliphatic heterocycles. The number of hydrogen-bond donors (Lipinski definition) is 2. The Morgan fingerprint density at radius 1 is 1.06 bits per heavy atom. The standard InChI is InChI=1S/C14H14Cl2N2/c1-9-12(3-2-4-13(9)16)14(18-17)10-5-7-11(15)8-6-10/h2-8,14,18H,17H2,1H3. The first kappa shape index (κ1) is 13.4. The topological polar surface area (TPSA) is 38.0 Å². The van der Waals surface area contributed by atoms with Crippen LogP contribution in [0.15, 0.2) is 42.5 Å². The molecule has 18 heavy (non-hydrogen) atoms. The normalized spacial score (nSPS) is 12.4. The second-order valence-corrected chi connectivity index (χ2v) is 4.95. The number of halogens is 2. The Kier molecular flexibility index (Phi) is 4.25. The van der Waals surface area contributed by atoms with Gasteiger partial charge in [0.1, 0.15) is 0 Å². The Labute approximate surface area is 117 Å². The van der Waals surface area contributed by atoms with E-state index in [-0.39, 0.29) is 6.04 Å². The van der Waals surface area contributed by atoms with E-state index in [1.54, 1.807) is 0 Å². The molecule has 3 N–H and O–H groups in total. The van der Waals surface area contributed by atoms with Gasteiger partial charge in [-0.15, -0.1) is 0 Å². The van der Waals surface area contributed by atoms with E-state index in [2.05, 4.69) is 5.43 Å². The average molecular weight is 281 g/mol. The number of nitrogens with two attached hydrogens (primary N) is 1. The molecule has 0 bridgehead atoms. The van der Waals surface area contributed by atoms with Crippen LogP contribution >= 0.6 is 23.2 Å². The number of rotatable bonds is 3. The van der Waals surface area contributed by atoms with Crippen LogP contribution in [-0.2, 0) is 0 Å². The maximum Gasteiger partial charge on any atom is 0.0713 e. The maximum absolute atomic E-state index is 6.14. The highest BCUT2D eigenvalue weighted by molar-refractivity contribution is 6.31. The van der Waals surface area contributed by atoms with E-state index in [0.29, 0.717) is 5.02 Å². The Morgan fingerprint density at radius 3 is 2.33 bits per heavy atom. The van der Waals surface area contributed by atoms with Gasteiger partial charge in [0.05, 0.1) is 6.04 Å². The summed E-state index contributed by atoms with van der Waals surface area (Å²) >= 11 is 12.0. The minimum absolute atomic E-state index is 0.0963. The first-order chi connectivity index (χ1) is 8.63. The molecule has 94 valence electrons. The number of benzene rings is 2. The van der Waals surface area contributed by atoms with Crippen LogP contribution < -0.4 is 11.3 Å². The van der Waals surface area contributed by atoms with Crippen molar-refractivity contribution in [2.45, 2.75) is 13.0 Å². The number of hydrogen-bond acceptors (Lipinski definition) is 2. The molecular weight excluding hydrogens is 267 g/mol. The fourth-order valence-electron chi connectivity index (χ4n) is 1.96. The van der Waals surface area contributed by atoms with E-state index >= 15 is 0 Å². The first-order valence-corrected chi connectivity index (χ1v) is 6.35. The van der Waals surface area contributed by atoms with E-state index in [9.17, 15) is 0 Å². The summed E-state index contributed by atoms with van der Waals surface area (Å²) in [5.74, 6) is 5.67. The lowest BCUT2D eigenvalue weighted by Gasteiger charge is -2.19. The summed E-state index contributed by atoms with van der Waals surface area (Å²) in [6, 6.07) is 13.3. The molecule has 0 spiro atoms. The summed E-state index contributed by atoms with van der Waals surface area (Å²) < 4.78 is 0. The number of nitrogens with one attached hydrogen (secondary N) is 1.